The van der Waals surface area contributed by atoms with Gasteiger partial charge in [0, 0.05) is 6.54 Å². The van der Waals surface area contributed by atoms with Gasteiger partial charge < -0.3 is 10.4 Å². The first-order valence-corrected chi connectivity index (χ1v) is 3.25. The van der Waals surface area contributed by atoms with Crippen LogP contribution in [0.15, 0.2) is 24.4 Å². The van der Waals surface area contributed by atoms with Crippen molar-refractivity contribution in [3.8, 4) is 0 Å². The molecule has 1 radical (unpaired) electrons. The van der Waals surface area contributed by atoms with Gasteiger partial charge in [0.15, 0.2) is 0 Å². The lowest BCUT2D eigenvalue weighted by molar-refractivity contribution is 0.293. The fourth-order valence-corrected chi connectivity index (χ4v) is 0.694. The third-order valence-electron chi connectivity index (χ3n) is 1.14. The first-order chi connectivity index (χ1) is 4.93. The van der Waals surface area contributed by atoms with Crippen molar-refractivity contribution < 1.29 is 5.11 Å². The molecule has 1 aliphatic heterocycles. The second-order valence-electron chi connectivity index (χ2n) is 1.93. The minimum Gasteiger partial charge on any atom is -0.395 e. The van der Waals surface area contributed by atoms with Crippen molar-refractivity contribution in [2.45, 2.75) is 0 Å². The van der Waals surface area contributed by atoms with Crippen molar-refractivity contribution in [2.75, 3.05) is 13.2 Å². The summed E-state index contributed by atoms with van der Waals surface area (Å²) in [5.41, 5.74) is 0. The number of allylic oxidation sites excluding steroid dienone is 2. The van der Waals surface area contributed by atoms with Gasteiger partial charge in [-0.2, -0.15) is 0 Å². The Bertz CT molecular complexity index is 143. The quantitative estimate of drug-likeness (QED) is 0.504. The Kier molecular flexibility index (Phi) is 2.99. The van der Waals surface area contributed by atoms with Gasteiger partial charge in [-0.15, -0.1) is 0 Å². The zero-order chi connectivity index (χ0) is 7.23. The topological polar surface area (TPSA) is 44.3 Å². The molecule has 0 atom stereocenters. The molecule has 0 aliphatic carbocycles. The Labute approximate surface area is 60.4 Å². The fourth-order valence-electron chi connectivity index (χ4n) is 0.694. The van der Waals surface area contributed by atoms with Gasteiger partial charge >= 0.3 is 0 Å². The molecule has 1 aliphatic rings. The van der Waals surface area contributed by atoms with E-state index in [0.29, 0.717) is 6.54 Å². The van der Waals surface area contributed by atoms with Crippen LogP contribution in [0.4, 0.5) is 0 Å². The average molecular weight is 139 g/mol. The van der Waals surface area contributed by atoms with Crippen molar-refractivity contribution in [3.63, 3.8) is 0 Å². The van der Waals surface area contributed by atoms with Gasteiger partial charge in [0.25, 0.3) is 0 Å². The summed E-state index contributed by atoms with van der Waals surface area (Å²) in [6.45, 7) is 0.739. The fraction of sp³-hybridized carbons (Fsp3) is 0.286. The molecule has 0 saturated carbocycles. The summed E-state index contributed by atoms with van der Waals surface area (Å²) >= 11 is 0. The summed E-state index contributed by atoms with van der Waals surface area (Å²) in [5, 5.41) is 14.4. The lowest BCUT2D eigenvalue weighted by Crippen LogP contribution is -2.32. The Hall–Kier alpha value is -0.800. The molecule has 3 nitrogen and oxygen atoms in total. The molecule has 0 amide bonds. The van der Waals surface area contributed by atoms with Gasteiger partial charge in [-0.05, 0) is 18.4 Å². The minimum absolute atomic E-state index is 0.155. The van der Waals surface area contributed by atoms with Crippen molar-refractivity contribution in [3.05, 3.63) is 30.6 Å². The van der Waals surface area contributed by atoms with E-state index in [0.717, 1.165) is 6.17 Å². The van der Waals surface area contributed by atoms with Crippen LogP contribution in [-0.2, 0) is 0 Å². The highest BCUT2D eigenvalue weighted by molar-refractivity contribution is 5.19. The van der Waals surface area contributed by atoms with Gasteiger partial charge in [0.1, 0.15) is 6.17 Å². The lowest BCUT2D eigenvalue weighted by Gasteiger charge is -2.14. The summed E-state index contributed by atoms with van der Waals surface area (Å²) in [5.74, 6) is 0. The molecular formula is C7H11N2O. The highest BCUT2D eigenvalue weighted by Crippen LogP contribution is 1.96. The molecule has 3 N–H and O–H groups in total. The summed E-state index contributed by atoms with van der Waals surface area (Å²) in [6, 6.07) is 0. The maximum Gasteiger partial charge on any atom is 0.149 e. The number of aliphatic hydroxyl groups excluding tert-OH is 1. The predicted octanol–water partition coefficient (Wildman–Crippen LogP) is -0.269. The molecule has 0 aromatic rings. The number of rotatable bonds is 3. The van der Waals surface area contributed by atoms with Gasteiger partial charge in [-0.25, -0.2) is 0 Å². The van der Waals surface area contributed by atoms with E-state index in [1.807, 2.05) is 24.4 Å². The van der Waals surface area contributed by atoms with E-state index in [1.54, 1.807) is 0 Å². The third kappa shape index (κ3) is 2.21. The van der Waals surface area contributed by atoms with Crippen LogP contribution in [0.5, 0.6) is 0 Å². The molecular weight excluding hydrogens is 128 g/mol. The second-order valence-corrected chi connectivity index (χ2v) is 1.93. The van der Waals surface area contributed by atoms with Crippen LogP contribution in [0.3, 0.4) is 0 Å². The van der Waals surface area contributed by atoms with E-state index in [1.165, 1.54) is 0 Å². The molecule has 0 bridgehead atoms. The first-order valence-electron chi connectivity index (χ1n) is 3.25. The highest BCUT2D eigenvalue weighted by atomic mass is 16.3. The molecule has 10 heavy (non-hydrogen) atoms. The molecule has 0 unspecified atom stereocenters. The number of hydrogen-bond acceptors (Lipinski definition) is 3. The Morgan fingerprint density at radius 1 is 1.50 bits per heavy atom. The highest BCUT2D eigenvalue weighted by Gasteiger charge is 2.01. The molecule has 0 saturated heterocycles. The van der Waals surface area contributed by atoms with E-state index in [-0.39, 0.29) is 6.61 Å². The summed E-state index contributed by atoms with van der Waals surface area (Å²) in [7, 11) is 0. The summed E-state index contributed by atoms with van der Waals surface area (Å²) in [6.07, 6.45) is 8.51. The van der Waals surface area contributed by atoms with Crippen molar-refractivity contribution in [1.29, 1.82) is 0 Å². The molecule has 0 aromatic carbocycles. The normalized spacial score (nSPS) is 17.3. The molecule has 1 heterocycles. The van der Waals surface area contributed by atoms with Crippen LogP contribution in [0.25, 0.3) is 0 Å². The summed E-state index contributed by atoms with van der Waals surface area (Å²) < 4.78 is 0. The Morgan fingerprint density at radius 2 is 2.40 bits per heavy atom. The monoisotopic (exact) mass is 139 g/mol. The van der Waals surface area contributed by atoms with Crippen LogP contribution in [0.1, 0.15) is 0 Å². The Morgan fingerprint density at radius 3 is 3.00 bits per heavy atom. The lowest BCUT2D eigenvalue weighted by atomic mass is 10.3. The van der Waals surface area contributed by atoms with E-state index in [9.17, 15) is 0 Å². The van der Waals surface area contributed by atoms with Crippen molar-refractivity contribution in [1.82, 2.24) is 10.6 Å². The van der Waals surface area contributed by atoms with Crippen LogP contribution in [0.2, 0.25) is 0 Å². The third-order valence-corrected chi connectivity index (χ3v) is 1.14. The first kappa shape index (κ1) is 7.31. The van der Waals surface area contributed by atoms with E-state index in [4.69, 9.17) is 5.11 Å². The van der Waals surface area contributed by atoms with Gasteiger partial charge in [-0.3, -0.25) is 5.32 Å². The summed E-state index contributed by atoms with van der Waals surface area (Å²) in [4.78, 5) is 0. The molecule has 3 heteroatoms. The molecule has 55 valence electrons. The number of nitrogens with one attached hydrogen (secondary N) is 2. The van der Waals surface area contributed by atoms with Gasteiger partial charge in [0.05, 0.1) is 6.61 Å². The number of aliphatic hydroxyl groups is 1. The van der Waals surface area contributed by atoms with Crippen LogP contribution in [-0.4, -0.2) is 18.3 Å². The van der Waals surface area contributed by atoms with E-state index < -0.39 is 0 Å². The predicted molar refractivity (Wildman–Crippen MR) is 39.7 cm³/mol. The van der Waals surface area contributed by atoms with Gasteiger partial charge in [0.2, 0.25) is 0 Å². The van der Waals surface area contributed by atoms with E-state index >= 15 is 0 Å². The molecule has 0 fully saturated rings. The number of hydrogen-bond donors (Lipinski definition) is 3. The van der Waals surface area contributed by atoms with Crippen molar-refractivity contribution >= 4 is 0 Å². The molecule has 0 spiro atoms. The average Bonchev–Trinajstić information content (AvgIpc) is 2.03. The molecule has 1 rings (SSSR count). The Balaban J connectivity index is 2.17. The maximum atomic E-state index is 8.45. The van der Waals surface area contributed by atoms with Crippen molar-refractivity contribution in [2.24, 2.45) is 0 Å². The minimum atomic E-state index is 0.155. The van der Waals surface area contributed by atoms with Crippen LogP contribution >= 0.6 is 0 Å². The maximum absolute atomic E-state index is 8.45. The van der Waals surface area contributed by atoms with Crippen LogP contribution < -0.4 is 10.6 Å². The van der Waals surface area contributed by atoms with E-state index in [2.05, 4.69) is 10.6 Å². The molecule has 0 aromatic heterocycles. The SMILES string of the molecule is OCCN[C]1C=CC=CN1. The van der Waals surface area contributed by atoms with Gasteiger partial charge in [-0.1, -0.05) is 6.08 Å². The second kappa shape index (κ2) is 4.09. The number of dihydropyridines is 1. The zero-order valence-corrected chi connectivity index (χ0v) is 5.67. The largest absolute Gasteiger partial charge is 0.395 e. The zero-order valence-electron chi connectivity index (χ0n) is 5.67. The van der Waals surface area contributed by atoms with Crippen LogP contribution in [0, 0.1) is 6.17 Å². The standard InChI is InChI=1S/C7H11N2O/c10-6-5-9-7-3-1-2-4-8-7/h1-4,8-10H,5-6H2. The smallest absolute Gasteiger partial charge is 0.149 e.